The smallest absolute Gasteiger partial charge is 0.319 e. The van der Waals surface area contributed by atoms with E-state index in [0.29, 0.717) is 16.7 Å². The number of para-hydroxylation sites is 1. The average Bonchev–Trinajstić information content (AvgIpc) is 3.25. The molecule has 11 heteroatoms. The molecule has 2 aromatic heterocycles. The van der Waals surface area contributed by atoms with E-state index in [1.807, 2.05) is 5.32 Å². The topological polar surface area (TPSA) is 64.7 Å². The quantitative estimate of drug-likeness (QED) is 0.632. The molecule has 0 aliphatic rings. The zero-order valence-electron chi connectivity index (χ0n) is 15.3. The number of benzene rings is 1. The van der Waals surface area contributed by atoms with Crippen LogP contribution in [0.4, 0.5) is 27.6 Å². The maximum atomic E-state index is 13.8. The van der Waals surface area contributed by atoms with Crippen LogP contribution in [-0.4, -0.2) is 25.5 Å². The third-order valence-electron chi connectivity index (χ3n) is 4.20. The number of alkyl halides is 5. The van der Waals surface area contributed by atoms with Crippen LogP contribution in [0.2, 0.25) is 0 Å². The minimum absolute atomic E-state index is 0.206. The summed E-state index contributed by atoms with van der Waals surface area (Å²) >= 11 is 0. The van der Waals surface area contributed by atoms with Crippen LogP contribution in [0, 0.1) is 0 Å². The Labute approximate surface area is 161 Å². The Bertz CT molecular complexity index is 1040. The molecule has 29 heavy (non-hydrogen) atoms. The number of aromatic nitrogens is 4. The number of anilines is 1. The van der Waals surface area contributed by atoms with Gasteiger partial charge in [0, 0.05) is 13.2 Å². The van der Waals surface area contributed by atoms with E-state index in [-0.39, 0.29) is 5.69 Å². The molecule has 0 saturated heterocycles. The Morgan fingerprint density at radius 1 is 1.24 bits per heavy atom. The molecule has 6 nitrogen and oxygen atoms in total. The van der Waals surface area contributed by atoms with E-state index >= 15 is 0 Å². The second-order valence-electron chi connectivity index (χ2n) is 6.16. The van der Waals surface area contributed by atoms with E-state index in [2.05, 4.69) is 10.2 Å². The highest BCUT2D eigenvalue weighted by Crippen LogP contribution is 2.37. The summed E-state index contributed by atoms with van der Waals surface area (Å²) in [5, 5.41) is 9.31. The molecular weight excluding hydrogens is 397 g/mol. The van der Waals surface area contributed by atoms with Gasteiger partial charge in [-0.1, -0.05) is 25.1 Å². The Morgan fingerprint density at radius 2 is 1.93 bits per heavy atom. The lowest BCUT2D eigenvalue weighted by Gasteiger charge is -2.15. The Kier molecular flexibility index (Phi) is 5.40. The highest BCUT2D eigenvalue weighted by atomic mass is 19.4. The van der Waals surface area contributed by atoms with Crippen molar-refractivity contribution < 1.29 is 26.7 Å². The minimum atomic E-state index is -4.86. The van der Waals surface area contributed by atoms with Gasteiger partial charge in [-0.15, -0.1) is 0 Å². The lowest BCUT2D eigenvalue weighted by molar-refractivity contribution is -0.142. The first kappa shape index (κ1) is 20.5. The van der Waals surface area contributed by atoms with Crippen LogP contribution >= 0.6 is 0 Å². The van der Waals surface area contributed by atoms with Crippen LogP contribution in [0.25, 0.3) is 5.69 Å². The van der Waals surface area contributed by atoms with Crippen LogP contribution < -0.4 is 5.32 Å². The number of hydrogen-bond donors (Lipinski definition) is 1. The van der Waals surface area contributed by atoms with Gasteiger partial charge in [-0.05, 0) is 18.1 Å². The van der Waals surface area contributed by atoms with Gasteiger partial charge in [0.25, 0.3) is 12.3 Å². The van der Waals surface area contributed by atoms with Crippen LogP contribution in [0.1, 0.15) is 40.7 Å². The van der Waals surface area contributed by atoms with Crippen molar-refractivity contribution in [3.05, 3.63) is 59.2 Å². The van der Waals surface area contributed by atoms with E-state index in [1.54, 1.807) is 25.1 Å². The van der Waals surface area contributed by atoms with Crippen molar-refractivity contribution in [2.75, 3.05) is 5.32 Å². The summed E-state index contributed by atoms with van der Waals surface area (Å²) in [5.41, 5.74) is -2.37. The predicted molar refractivity (Wildman–Crippen MR) is 94.1 cm³/mol. The number of amides is 1. The van der Waals surface area contributed by atoms with Gasteiger partial charge >= 0.3 is 6.18 Å². The van der Waals surface area contributed by atoms with E-state index in [4.69, 9.17) is 0 Å². The predicted octanol–water partition coefficient (Wildman–Crippen LogP) is 4.38. The van der Waals surface area contributed by atoms with Gasteiger partial charge in [0.15, 0.2) is 5.69 Å². The molecule has 1 N–H and O–H groups in total. The number of halogens is 5. The fourth-order valence-corrected chi connectivity index (χ4v) is 2.94. The fourth-order valence-electron chi connectivity index (χ4n) is 2.94. The van der Waals surface area contributed by atoms with Crippen molar-refractivity contribution in [3.63, 3.8) is 0 Å². The summed E-state index contributed by atoms with van der Waals surface area (Å²) in [6, 6.07) is 6.40. The molecule has 0 aliphatic heterocycles. The summed E-state index contributed by atoms with van der Waals surface area (Å²) in [6.07, 6.45) is -5.60. The van der Waals surface area contributed by atoms with Crippen molar-refractivity contribution in [2.24, 2.45) is 7.05 Å². The normalized spacial score (nSPS) is 11.9. The molecule has 0 fully saturated rings. The van der Waals surface area contributed by atoms with Crippen molar-refractivity contribution in [3.8, 4) is 5.69 Å². The molecule has 3 rings (SSSR count). The van der Waals surface area contributed by atoms with E-state index in [9.17, 15) is 26.7 Å². The minimum Gasteiger partial charge on any atom is -0.319 e. The molecule has 2 heterocycles. The summed E-state index contributed by atoms with van der Waals surface area (Å²) in [6.45, 7) is 1.78. The number of nitrogens with zero attached hydrogens (tertiary/aromatic N) is 4. The first-order valence-electron chi connectivity index (χ1n) is 8.50. The standard InChI is InChI=1S/C18H16F5N5O/c1-3-10-6-4-5-7-13(10)28-15(18(21,22)23)12(8-24-28)25-17(29)11-9-27(2)26-14(11)16(19)20/h4-9,16H,3H2,1-2H3,(H,25,29). The number of aryl methyl sites for hydroxylation is 2. The van der Waals surface area contributed by atoms with Crippen LogP contribution in [0.15, 0.2) is 36.7 Å². The van der Waals surface area contributed by atoms with Gasteiger partial charge in [0.05, 0.1) is 23.1 Å². The Hall–Kier alpha value is -3.24. The van der Waals surface area contributed by atoms with Crippen molar-refractivity contribution >= 4 is 11.6 Å². The first-order chi connectivity index (χ1) is 13.6. The van der Waals surface area contributed by atoms with Gasteiger partial charge in [-0.25, -0.2) is 13.5 Å². The third kappa shape index (κ3) is 3.98. The molecule has 0 unspecified atom stereocenters. The zero-order valence-corrected chi connectivity index (χ0v) is 15.3. The molecule has 1 aromatic carbocycles. The fraction of sp³-hybridized carbons (Fsp3) is 0.278. The SMILES string of the molecule is CCc1ccccc1-n1ncc(NC(=O)c2cn(C)nc2C(F)F)c1C(F)(F)F. The van der Waals surface area contributed by atoms with Crippen LogP contribution in [0.5, 0.6) is 0 Å². The number of rotatable bonds is 5. The largest absolute Gasteiger partial charge is 0.435 e. The number of carbonyl (C=O) groups excluding carboxylic acids is 1. The van der Waals surface area contributed by atoms with Gasteiger partial charge in [-0.3, -0.25) is 9.48 Å². The first-order valence-corrected chi connectivity index (χ1v) is 8.50. The van der Waals surface area contributed by atoms with E-state index in [0.717, 1.165) is 17.1 Å². The van der Waals surface area contributed by atoms with Gasteiger partial charge in [0.1, 0.15) is 5.69 Å². The molecule has 0 aliphatic carbocycles. The molecule has 0 saturated carbocycles. The molecule has 1 amide bonds. The number of carbonyl (C=O) groups is 1. The summed E-state index contributed by atoms with van der Waals surface area (Å²) in [7, 11) is 1.32. The maximum absolute atomic E-state index is 13.8. The lowest BCUT2D eigenvalue weighted by Crippen LogP contribution is -2.19. The molecule has 0 bridgehead atoms. The Morgan fingerprint density at radius 3 is 2.55 bits per heavy atom. The van der Waals surface area contributed by atoms with Crippen molar-refractivity contribution in [2.45, 2.75) is 25.9 Å². The molecule has 0 atom stereocenters. The van der Waals surface area contributed by atoms with Gasteiger partial charge < -0.3 is 5.32 Å². The van der Waals surface area contributed by atoms with Gasteiger partial charge in [-0.2, -0.15) is 23.4 Å². The monoisotopic (exact) mass is 413 g/mol. The average molecular weight is 413 g/mol. The molecule has 0 spiro atoms. The maximum Gasteiger partial charge on any atom is 0.435 e. The van der Waals surface area contributed by atoms with Crippen LogP contribution in [-0.2, 0) is 19.6 Å². The zero-order chi connectivity index (χ0) is 21.3. The van der Waals surface area contributed by atoms with E-state index < -0.39 is 41.1 Å². The van der Waals surface area contributed by atoms with Crippen molar-refractivity contribution in [1.82, 2.24) is 19.6 Å². The number of nitrogens with one attached hydrogen (secondary N) is 1. The molecular formula is C18H16F5N5O. The summed E-state index contributed by atoms with van der Waals surface area (Å²) in [4.78, 5) is 12.4. The molecule has 3 aromatic rings. The second kappa shape index (κ2) is 7.64. The van der Waals surface area contributed by atoms with Crippen molar-refractivity contribution in [1.29, 1.82) is 0 Å². The number of hydrogen-bond acceptors (Lipinski definition) is 3. The lowest BCUT2D eigenvalue weighted by atomic mass is 10.1. The van der Waals surface area contributed by atoms with Gasteiger partial charge in [0.2, 0.25) is 0 Å². The molecule has 0 radical (unpaired) electrons. The summed E-state index contributed by atoms with van der Waals surface area (Å²) < 4.78 is 69.1. The Balaban J connectivity index is 2.06. The van der Waals surface area contributed by atoms with Crippen LogP contribution in [0.3, 0.4) is 0 Å². The second-order valence-corrected chi connectivity index (χ2v) is 6.16. The highest BCUT2D eigenvalue weighted by molar-refractivity contribution is 6.05. The highest BCUT2D eigenvalue weighted by Gasteiger charge is 2.40. The third-order valence-corrected chi connectivity index (χ3v) is 4.20. The summed E-state index contributed by atoms with van der Waals surface area (Å²) in [5.74, 6) is -1.14. The molecule has 154 valence electrons. The van der Waals surface area contributed by atoms with E-state index in [1.165, 1.54) is 13.1 Å².